The molecule has 0 aliphatic heterocycles. The summed E-state index contributed by atoms with van der Waals surface area (Å²) in [5.74, 6) is 0.197. The first-order chi connectivity index (χ1) is 36.2. The van der Waals surface area contributed by atoms with Gasteiger partial charge in [0.2, 0.25) is 0 Å². The molecule has 0 amide bonds. The molecule has 3 aromatic heterocycles. The molecule has 7 nitrogen and oxygen atoms in total. The average Bonchev–Trinajstić information content (AvgIpc) is 3.72. The summed E-state index contributed by atoms with van der Waals surface area (Å²) in [7, 11) is -5.78. The fourth-order valence-corrected chi connectivity index (χ4v) is 11.2. The van der Waals surface area contributed by atoms with E-state index in [1.165, 1.54) is 16.3 Å². The minimum Gasteiger partial charge on any atom is -0.320 e. The Labute approximate surface area is 472 Å². The number of rotatable bonds is 4. The molecule has 0 aliphatic carbocycles. The Kier molecular flexibility index (Phi) is 25.2. The Hall–Kier alpha value is -6.16. The van der Waals surface area contributed by atoms with E-state index < -0.39 is 33.3 Å². The summed E-state index contributed by atoms with van der Waals surface area (Å²) < 4.78 is 73.6. The summed E-state index contributed by atoms with van der Waals surface area (Å²) in [6.45, 7) is 35.9. The predicted molar refractivity (Wildman–Crippen MR) is 330 cm³/mol. The molecule has 0 radical (unpaired) electrons. The second kappa shape index (κ2) is 28.8. The number of nitrogens with zero attached hydrogens (tertiary/aromatic N) is 3. The highest BCUT2D eigenvalue weighted by molar-refractivity contribution is 7.92. The lowest BCUT2D eigenvalue weighted by molar-refractivity contribution is -0.204. The molecule has 0 fully saturated rings. The second-order valence-electron chi connectivity index (χ2n) is 25.5. The van der Waals surface area contributed by atoms with Crippen LogP contribution in [0.15, 0.2) is 199 Å². The van der Waals surface area contributed by atoms with Crippen molar-refractivity contribution in [3.63, 3.8) is 0 Å². The lowest BCUT2D eigenvalue weighted by atomic mass is 9.87. The van der Waals surface area contributed by atoms with Crippen LogP contribution in [0.2, 0.25) is 0 Å². The largest absolute Gasteiger partial charge is 0.393 e. The van der Waals surface area contributed by atoms with Crippen LogP contribution in [0.5, 0.6) is 0 Å². The molecule has 3 heterocycles. The molecule has 428 valence electrons. The molecule has 8 rings (SSSR count). The number of fused-ring (bicyclic) bond motifs is 3. The summed E-state index contributed by atoms with van der Waals surface area (Å²) >= 11 is 0. The van der Waals surface area contributed by atoms with Gasteiger partial charge in [-0.05, 0) is 89.4 Å². The molecule has 0 N–H and O–H groups in total. The van der Waals surface area contributed by atoms with E-state index in [-0.39, 0.29) is 21.9 Å². The molecular formula is C67H89F3N3O4PS. The predicted octanol–water partition coefficient (Wildman–Crippen LogP) is 18.6. The Morgan fingerprint density at radius 1 is 0.481 bits per heavy atom. The lowest BCUT2D eigenvalue weighted by Crippen LogP contribution is -2.30. The van der Waals surface area contributed by atoms with Crippen molar-refractivity contribution in [1.82, 2.24) is 14.5 Å². The topological polar surface area (TPSA) is 99.0 Å². The second-order valence-corrected chi connectivity index (χ2v) is 31.8. The number of sulfone groups is 1. The van der Waals surface area contributed by atoms with Crippen LogP contribution < -0.4 is 10.6 Å². The summed E-state index contributed by atoms with van der Waals surface area (Å²) in [4.78, 5) is 20.4. The zero-order valence-corrected chi connectivity index (χ0v) is 52.2. The molecule has 8 aromatic rings. The van der Waals surface area contributed by atoms with E-state index in [1.807, 2.05) is 169 Å². The van der Waals surface area contributed by atoms with Crippen LogP contribution >= 0.6 is 7.14 Å². The van der Waals surface area contributed by atoms with Gasteiger partial charge in [0.25, 0.3) is 0 Å². The maximum Gasteiger partial charge on any atom is 0.393 e. The van der Waals surface area contributed by atoms with E-state index in [0.717, 1.165) is 42.6 Å². The van der Waals surface area contributed by atoms with Crippen LogP contribution in [0.1, 0.15) is 142 Å². The van der Waals surface area contributed by atoms with Crippen molar-refractivity contribution in [2.24, 2.45) is 16.2 Å². The minimum absolute atomic E-state index is 0.0374. The Bertz CT molecular complexity index is 3060. The van der Waals surface area contributed by atoms with Gasteiger partial charge in [-0.3, -0.25) is 9.78 Å². The number of alkyl halides is 3. The zero-order valence-electron chi connectivity index (χ0n) is 50.4. The average molecular weight is 1120 g/mol. The van der Waals surface area contributed by atoms with Gasteiger partial charge in [0, 0.05) is 61.6 Å². The number of hydrogen-bond acceptors (Lipinski definition) is 6. The molecule has 0 unspecified atom stereocenters. The normalized spacial score (nSPS) is 12.1. The molecule has 12 heteroatoms. The highest BCUT2D eigenvalue weighted by Gasteiger charge is 2.43. The number of pyridine rings is 2. The van der Waals surface area contributed by atoms with E-state index in [2.05, 4.69) is 93.3 Å². The van der Waals surface area contributed by atoms with Crippen LogP contribution in [0.3, 0.4) is 0 Å². The fraction of sp³-hybridized carbons (Fsp3) is 0.388. The van der Waals surface area contributed by atoms with Gasteiger partial charge in [0.15, 0.2) is 15.6 Å². The van der Waals surface area contributed by atoms with Gasteiger partial charge in [-0.1, -0.05) is 223 Å². The Morgan fingerprint density at radius 2 is 0.848 bits per heavy atom. The van der Waals surface area contributed by atoms with E-state index in [9.17, 15) is 30.9 Å². The van der Waals surface area contributed by atoms with Crippen molar-refractivity contribution >= 4 is 55.3 Å². The van der Waals surface area contributed by atoms with E-state index in [1.54, 1.807) is 57.4 Å². The van der Waals surface area contributed by atoms with Crippen molar-refractivity contribution < 1.29 is 30.9 Å². The molecule has 0 aliphatic rings. The van der Waals surface area contributed by atoms with Gasteiger partial charge in [-0.15, -0.1) is 0 Å². The number of para-hydroxylation sites is 1. The van der Waals surface area contributed by atoms with Gasteiger partial charge in [0.05, 0.1) is 20.6 Å². The fourth-order valence-electron chi connectivity index (χ4n) is 6.96. The first kappa shape index (κ1) is 68.9. The number of halogens is 3. The van der Waals surface area contributed by atoms with Crippen molar-refractivity contribution in [3.8, 4) is 0 Å². The van der Waals surface area contributed by atoms with E-state index in [0.29, 0.717) is 10.3 Å². The highest BCUT2D eigenvalue weighted by Crippen LogP contribution is 2.55. The third-order valence-corrected chi connectivity index (χ3v) is 17.7. The summed E-state index contributed by atoms with van der Waals surface area (Å²) in [6.07, 6.45) is 1.30. The number of Topliss-reactive ketones (excluding diaryl/α,β-unsaturated/α-hetero) is 1. The number of benzene rings is 5. The first-order valence-electron chi connectivity index (χ1n) is 26.5. The number of aromatic nitrogens is 3. The van der Waals surface area contributed by atoms with E-state index >= 15 is 0 Å². The van der Waals surface area contributed by atoms with Crippen LogP contribution in [0, 0.1) is 16.2 Å². The smallest absolute Gasteiger partial charge is 0.320 e. The van der Waals surface area contributed by atoms with Gasteiger partial charge in [0.1, 0.15) is 12.8 Å². The van der Waals surface area contributed by atoms with E-state index in [4.69, 9.17) is 0 Å². The SMILES string of the molecule is CC(C)(C)C.CC(C)(C)C(=O)c1ccccc1.CC(C)(C)C(F)(F)F.CC(C)(C)P(=O)(c1ccccc1)c1ccccc1.CC(C)(C)S(=O)(=O)c1ccccc1.CC(C)(C)n1c2ccccc2c2cccnc21.c1ccncc1. The quantitative estimate of drug-likeness (QED) is 0.129. The van der Waals surface area contributed by atoms with Gasteiger partial charge in [-0.2, -0.15) is 13.2 Å². The summed E-state index contributed by atoms with van der Waals surface area (Å²) in [6, 6.07) is 55.9. The van der Waals surface area contributed by atoms with Gasteiger partial charge < -0.3 is 9.13 Å². The lowest BCUT2D eigenvalue weighted by Gasteiger charge is -2.32. The minimum atomic E-state index is -4.06. The van der Waals surface area contributed by atoms with Crippen molar-refractivity contribution in [2.45, 2.75) is 158 Å². The summed E-state index contributed by atoms with van der Waals surface area (Å²) in [5.41, 5.74) is 1.82. The molecule has 0 bridgehead atoms. The zero-order chi connectivity index (χ0) is 60.3. The van der Waals surface area contributed by atoms with Crippen molar-refractivity contribution in [3.05, 3.63) is 200 Å². The van der Waals surface area contributed by atoms with Gasteiger partial charge in [-0.25, -0.2) is 13.4 Å². The van der Waals surface area contributed by atoms with Crippen LogP contribution in [-0.2, 0) is 19.9 Å². The van der Waals surface area contributed by atoms with Crippen molar-refractivity contribution in [2.75, 3.05) is 0 Å². The number of hydrogen-bond donors (Lipinski definition) is 0. The first-order valence-corrected chi connectivity index (χ1v) is 29.7. The monoisotopic (exact) mass is 1120 g/mol. The maximum atomic E-state index is 13.6. The molecule has 5 aromatic carbocycles. The maximum absolute atomic E-state index is 13.6. The summed E-state index contributed by atoms with van der Waals surface area (Å²) in [5, 5.41) is 4.10. The third-order valence-electron chi connectivity index (χ3n) is 11.3. The molecule has 79 heavy (non-hydrogen) atoms. The number of carbonyl (C=O) groups is 1. The van der Waals surface area contributed by atoms with Crippen LogP contribution in [0.4, 0.5) is 13.2 Å². The Balaban J connectivity index is 0.000000328. The number of ketones is 1. The highest BCUT2D eigenvalue weighted by atomic mass is 32.2. The molecule has 0 saturated heterocycles. The molecule has 0 spiro atoms. The van der Waals surface area contributed by atoms with Crippen LogP contribution in [-0.4, -0.2) is 44.8 Å². The molecule has 0 saturated carbocycles. The van der Waals surface area contributed by atoms with Crippen LogP contribution in [0.25, 0.3) is 21.9 Å². The number of carbonyl (C=O) groups excluding carboxylic acids is 1. The molecule has 0 atom stereocenters. The molecular weight excluding hydrogens is 1030 g/mol. The Morgan fingerprint density at radius 3 is 1.19 bits per heavy atom. The van der Waals surface area contributed by atoms with Gasteiger partial charge >= 0.3 is 6.18 Å². The standard InChI is InChI=1S/C16H19OP.C15H16N2.C11H14O.C10H14O2S.C5H9F3.C5H5N.C5H12/c1-16(2,3)18(17,14-10-6-4-7-11-14)15-12-8-5-9-13-15;1-15(2,3)17-13-9-5-4-7-11(13)12-8-6-10-16-14(12)17;1-11(2,3)10(12)9-7-5-4-6-8-9;1-10(2,3)13(11,12)9-7-5-4-6-8-9;1-4(2,3)5(6,7)8;1-2-4-6-5-3-1;1-5(2,3)4/h4-13H,1-3H3;4-10H,1-3H3;4-8H,1-3H3;4-8H,1-3H3;1-3H3;1-5H;1-4H3. The van der Waals surface area contributed by atoms with Crippen molar-refractivity contribution in [1.29, 1.82) is 0 Å². The third kappa shape index (κ3) is 21.8.